The number of amides is 1. The third-order valence-corrected chi connectivity index (χ3v) is 8.77. The van der Waals surface area contributed by atoms with E-state index < -0.39 is 15.6 Å². The highest BCUT2D eigenvalue weighted by Crippen LogP contribution is 2.49. The van der Waals surface area contributed by atoms with Gasteiger partial charge in [0.15, 0.2) is 0 Å². The molecular formula is C25H31NO4S. The third kappa shape index (κ3) is 4.41. The summed E-state index contributed by atoms with van der Waals surface area (Å²) in [5, 5.41) is 0. The maximum atomic E-state index is 13.6. The van der Waals surface area contributed by atoms with Crippen LogP contribution in [0.4, 0.5) is 0 Å². The lowest BCUT2D eigenvalue weighted by Crippen LogP contribution is -2.55. The minimum Gasteiger partial charge on any atom is -0.377 e. The Labute approximate surface area is 185 Å². The van der Waals surface area contributed by atoms with Gasteiger partial charge in [-0.3, -0.25) is 4.79 Å². The first kappa shape index (κ1) is 22.0. The lowest BCUT2D eigenvalue weighted by atomic mass is 9.70. The van der Waals surface area contributed by atoms with Crippen molar-refractivity contribution in [3.05, 3.63) is 65.7 Å². The number of benzene rings is 2. The summed E-state index contributed by atoms with van der Waals surface area (Å²) in [4.78, 5) is 13.1. The quantitative estimate of drug-likeness (QED) is 0.577. The predicted molar refractivity (Wildman–Crippen MR) is 120 cm³/mol. The van der Waals surface area contributed by atoms with E-state index in [1.54, 1.807) is 24.3 Å². The number of ether oxygens (including phenoxy) is 1. The molecule has 0 radical (unpaired) electrons. The van der Waals surface area contributed by atoms with Gasteiger partial charge in [0.1, 0.15) is 0 Å². The second kappa shape index (κ2) is 9.13. The van der Waals surface area contributed by atoms with Crippen LogP contribution in [0.15, 0.2) is 59.5 Å². The Balaban J connectivity index is 1.53. The molecular weight excluding hydrogens is 410 g/mol. The summed E-state index contributed by atoms with van der Waals surface area (Å²) in [5.41, 5.74) is 1.50. The molecule has 2 aromatic rings. The zero-order valence-corrected chi connectivity index (χ0v) is 18.9. The lowest BCUT2D eigenvalue weighted by molar-refractivity contribution is -0.127. The van der Waals surface area contributed by atoms with Crippen LogP contribution in [-0.2, 0) is 26.2 Å². The molecule has 1 amide bonds. The zero-order valence-electron chi connectivity index (χ0n) is 18.1. The van der Waals surface area contributed by atoms with Crippen molar-refractivity contribution >= 4 is 15.9 Å². The van der Waals surface area contributed by atoms with E-state index in [1.807, 2.05) is 37.3 Å². The number of aryl methyl sites for hydroxylation is 1. The van der Waals surface area contributed by atoms with E-state index in [2.05, 4.69) is 0 Å². The highest BCUT2D eigenvalue weighted by molar-refractivity contribution is 7.89. The van der Waals surface area contributed by atoms with Crippen molar-refractivity contribution in [2.45, 2.75) is 68.9 Å². The van der Waals surface area contributed by atoms with E-state index in [-0.39, 0.29) is 16.7 Å². The Morgan fingerprint density at radius 1 is 1.03 bits per heavy atom. The summed E-state index contributed by atoms with van der Waals surface area (Å²) in [6, 6.07) is 16.8. The fourth-order valence-electron chi connectivity index (χ4n) is 5.26. The Kier molecular flexibility index (Phi) is 6.49. The van der Waals surface area contributed by atoms with E-state index in [0.717, 1.165) is 43.2 Å². The highest BCUT2D eigenvalue weighted by atomic mass is 32.2. The van der Waals surface area contributed by atoms with Gasteiger partial charge in [0.25, 0.3) is 10.0 Å². The first-order valence-corrected chi connectivity index (χ1v) is 12.6. The van der Waals surface area contributed by atoms with E-state index in [0.29, 0.717) is 26.1 Å². The van der Waals surface area contributed by atoms with Gasteiger partial charge in [-0.1, -0.05) is 60.9 Å². The SMILES string of the molecule is Cc1ccc(S(=O)(=O)N2C(=O)CC[C@]23CCCC[C@H]3CCOCc2ccccc2)cc1. The van der Waals surface area contributed by atoms with Crippen LogP contribution in [-0.4, -0.2) is 30.8 Å². The normalized spacial score (nSPS) is 24.1. The van der Waals surface area contributed by atoms with Gasteiger partial charge < -0.3 is 4.74 Å². The van der Waals surface area contributed by atoms with Crippen LogP contribution in [0.25, 0.3) is 0 Å². The lowest BCUT2D eigenvalue weighted by Gasteiger charge is -2.46. The molecule has 1 aliphatic carbocycles. The molecule has 4 rings (SSSR count). The van der Waals surface area contributed by atoms with Crippen LogP contribution in [0.2, 0.25) is 0 Å². The fourth-order valence-corrected chi connectivity index (χ4v) is 7.12. The number of carbonyl (C=O) groups is 1. The molecule has 2 aliphatic rings. The van der Waals surface area contributed by atoms with Gasteiger partial charge in [-0.05, 0) is 56.2 Å². The monoisotopic (exact) mass is 441 g/mol. The first-order valence-electron chi connectivity index (χ1n) is 11.2. The number of hydrogen-bond donors (Lipinski definition) is 0. The molecule has 2 atom stereocenters. The van der Waals surface area contributed by atoms with E-state index in [9.17, 15) is 13.2 Å². The van der Waals surface area contributed by atoms with Crippen LogP contribution >= 0.6 is 0 Å². The molecule has 166 valence electrons. The van der Waals surface area contributed by atoms with Gasteiger partial charge in [-0.25, -0.2) is 12.7 Å². The van der Waals surface area contributed by atoms with Gasteiger partial charge in [0, 0.05) is 13.0 Å². The molecule has 0 bridgehead atoms. The molecule has 6 heteroatoms. The van der Waals surface area contributed by atoms with Gasteiger partial charge in [0.2, 0.25) is 5.91 Å². The minimum atomic E-state index is -3.88. The summed E-state index contributed by atoms with van der Waals surface area (Å²) in [5.74, 6) is -0.138. The number of carbonyl (C=O) groups excluding carboxylic acids is 1. The van der Waals surface area contributed by atoms with E-state index in [4.69, 9.17) is 4.74 Å². The average Bonchev–Trinajstić information content (AvgIpc) is 3.10. The molecule has 1 saturated carbocycles. The smallest absolute Gasteiger partial charge is 0.267 e. The average molecular weight is 442 g/mol. The van der Waals surface area contributed by atoms with E-state index >= 15 is 0 Å². The minimum absolute atomic E-state index is 0.128. The van der Waals surface area contributed by atoms with Crippen LogP contribution in [0.3, 0.4) is 0 Å². The molecule has 1 saturated heterocycles. The Hall–Kier alpha value is -2.18. The third-order valence-electron chi connectivity index (χ3n) is 6.86. The summed E-state index contributed by atoms with van der Waals surface area (Å²) in [6.07, 6.45) is 5.37. The fraction of sp³-hybridized carbons (Fsp3) is 0.480. The Morgan fingerprint density at radius 2 is 1.77 bits per heavy atom. The van der Waals surface area contributed by atoms with Crippen molar-refractivity contribution in [1.82, 2.24) is 4.31 Å². The maximum absolute atomic E-state index is 13.6. The number of hydrogen-bond acceptors (Lipinski definition) is 4. The van der Waals surface area contributed by atoms with Crippen molar-refractivity contribution in [1.29, 1.82) is 0 Å². The number of nitrogens with zero attached hydrogens (tertiary/aromatic N) is 1. The van der Waals surface area contributed by atoms with Gasteiger partial charge in [-0.15, -0.1) is 0 Å². The number of rotatable bonds is 7. The van der Waals surface area contributed by atoms with E-state index in [1.165, 1.54) is 4.31 Å². The Morgan fingerprint density at radius 3 is 2.52 bits per heavy atom. The summed E-state index contributed by atoms with van der Waals surface area (Å²) < 4.78 is 34.3. The molecule has 2 fully saturated rings. The van der Waals surface area contributed by atoms with Crippen LogP contribution < -0.4 is 0 Å². The summed E-state index contributed by atoms with van der Waals surface area (Å²) in [7, 11) is -3.88. The molecule has 0 unspecified atom stereocenters. The first-order chi connectivity index (χ1) is 14.9. The molecule has 5 nitrogen and oxygen atoms in total. The molecule has 1 aliphatic heterocycles. The van der Waals surface area contributed by atoms with Crippen LogP contribution in [0, 0.1) is 12.8 Å². The zero-order chi connectivity index (χ0) is 21.9. The second-order valence-corrected chi connectivity index (χ2v) is 10.6. The molecule has 2 aromatic carbocycles. The van der Waals surface area contributed by atoms with Crippen molar-refractivity contribution in [2.24, 2.45) is 5.92 Å². The second-order valence-electron chi connectivity index (χ2n) is 8.85. The van der Waals surface area contributed by atoms with Crippen molar-refractivity contribution < 1.29 is 17.9 Å². The molecule has 1 spiro atoms. The molecule has 0 N–H and O–H groups in total. The van der Waals surface area contributed by atoms with Gasteiger partial charge in [0.05, 0.1) is 17.0 Å². The van der Waals surface area contributed by atoms with Crippen molar-refractivity contribution in [2.75, 3.05) is 6.61 Å². The largest absolute Gasteiger partial charge is 0.377 e. The van der Waals surface area contributed by atoms with Gasteiger partial charge in [-0.2, -0.15) is 0 Å². The summed E-state index contributed by atoms with van der Waals surface area (Å²) >= 11 is 0. The maximum Gasteiger partial charge on any atom is 0.267 e. The van der Waals surface area contributed by atoms with Crippen LogP contribution in [0.5, 0.6) is 0 Å². The Bertz CT molecular complexity index is 1000. The standard InChI is InChI=1S/C25H31NO4S/c1-20-10-12-23(13-11-20)31(28,29)26-24(27)14-17-25(26)16-6-5-9-22(25)15-18-30-19-21-7-3-2-4-8-21/h2-4,7-8,10-13,22H,5-6,9,14-19H2,1H3/t22-,25-/m0/s1. The molecule has 1 heterocycles. The van der Waals surface area contributed by atoms with Crippen LogP contribution in [0.1, 0.15) is 56.1 Å². The van der Waals surface area contributed by atoms with Crippen molar-refractivity contribution in [3.63, 3.8) is 0 Å². The molecule has 31 heavy (non-hydrogen) atoms. The summed E-state index contributed by atoms with van der Waals surface area (Å²) in [6.45, 7) is 3.03. The van der Waals surface area contributed by atoms with Crippen molar-refractivity contribution in [3.8, 4) is 0 Å². The predicted octanol–water partition coefficient (Wildman–Crippen LogP) is 4.84. The number of sulfonamides is 1. The van der Waals surface area contributed by atoms with Gasteiger partial charge >= 0.3 is 0 Å². The topological polar surface area (TPSA) is 63.7 Å². The highest BCUT2D eigenvalue weighted by Gasteiger charge is 2.56. The molecule has 0 aromatic heterocycles.